The summed E-state index contributed by atoms with van der Waals surface area (Å²) in [4.78, 5) is 0. The molecule has 0 saturated heterocycles. The summed E-state index contributed by atoms with van der Waals surface area (Å²) in [6, 6.07) is 0. The minimum atomic E-state index is -0.137. The fraction of sp³-hybridized carbons (Fsp3) is 0.818. The monoisotopic (exact) mass is 252 g/mol. The van der Waals surface area contributed by atoms with Crippen LogP contribution in [0.4, 0.5) is 0 Å². The summed E-state index contributed by atoms with van der Waals surface area (Å²) < 4.78 is 10.7. The summed E-state index contributed by atoms with van der Waals surface area (Å²) in [6.45, 7) is 4.41. The van der Waals surface area contributed by atoms with Crippen molar-refractivity contribution in [1.82, 2.24) is 0 Å². The van der Waals surface area contributed by atoms with Crippen molar-refractivity contribution in [2.24, 2.45) is 17.3 Å². The predicted octanol–water partition coefficient (Wildman–Crippen LogP) is 3.59. The highest BCUT2D eigenvalue weighted by molar-refractivity contribution is 6.55. The van der Waals surface area contributed by atoms with Crippen LogP contribution in [0.25, 0.3) is 0 Å². The van der Waals surface area contributed by atoms with E-state index >= 15 is 0 Å². The maximum absolute atomic E-state index is 5.67. The summed E-state index contributed by atoms with van der Waals surface area (Å²) in [5, 5.41) is 0. The molecule has 1 aliphatic carbocycles. The first-order chi connectivity index (χ1) is 6.93. The van der Waals surface area contributed by atoms with E-state index in [2.05, 4.69) is 13.8 Å². The van der Waals surface area contributed by atoms with E-state index in [0.717, 1.165) is 6.42 Å². The lowest BCUT2D eigenvalue weighted by Gasteiger charge is -2.13. The Morgan fingerprint density at radius 1 is 1.33 bits per heavy atom. The van der Waals surface area contributed by atoms with Crippen molar-refractivity contribution in [3.63, 3.8) is 0 Å². The second-order valence-electron chi connectivity index (χ2n) is 4.55. The lowest BCUT2D eigenvalue weighted by molar-refractivity contribution is -0.110. The Balaban J connectivity index is 2.55. The molecule has 1 aliphatic rings. The van der Waals surface area contributed by atoms with Gasteiger partial charge in [-0.15, -0.1) is 0 Å². The molecule has 0 bridgehead atoms. The molecule has 0 aromatic carbocycles. The Bertz CT molecular complexity index is 243. The first-order valence-corrected chi connectivity index (χ1v) is 5.77. The van der Waals surface area contributed by atoms with Gasteiger partial charge in [-0.1, -0.05) is 43.1 Å². The summed E-state index contributed by atoms with van der Waals surface area (Å²) in [7, 11) is 3.31. The van der Waals surface area contributed by atoms with Crippen LogP contribution in [0, 0.1) is 17.3 Å². The van der Waals surface area contributed by atoms with Gasteiger partial charge in [0, 0.05) is 20.6 Å². The fourth-order valence-electron chi connectivity index (χ4n) is 2.20. The minimum Gasteiger partial charge on any atom is -0.356 e. The van der Waals surface area contributed by atoms with Crippen LogP contribution in [0.1, 0.15) is 20.3 Å². The molecule has 0 aromatic heterocycles. The lowest BCUT2D eigenvalue weighted by atomic mass is 10.1. The Labute approximate surface area is 102 Å². The van der Waals surface area contributed by atoms with Crippen molar-refractivity contribution < 1.29 is 9.47 Å². The van der Waals surface area contributed by atoms with E-state index in [-0.39, 0.29) is 11.7 Å². The van der Waals surface area contributed by atoms with Crippen molar-refractivity contribution in [3.05, 3.63) is 10.6 Å². The quantitative estimate of drug-likeness (QED) is 0.697. The average Bonchev–Trinajstić information content (AvgIpc) is 2.63. The Morgan fingerprint density at radius 3 is 2.27 bits per heavy atom. The van der Waals surface area contributed by atoms with Gasteiger partial charge in [-0.3, -0.25) is 0 Å². The van der Waals surface area contributed by atoms with Gasteiger partial charge < -0.3 is 9.47 Å². The van der Waals surface area contributed by atoms with Crippen LogP contribution in [-0.4, -0.2) is 20.5 Å². The van der Waals surface area contributed by atoms with Crippen LogP contribution >= 0.6 is 23.2 Å². The molecule has 15 heavy (non-hydrogen) atoms. The Hall–Kier alpha value is 0.240. The van der Waals surface area contributed by atoms with Crippen LogP contribution in [0.5, 0.6) is 0 Å². The van der Waals surface area contributed by atoms with E-state index in [1.807, 2.05) is 6.08 Å². The molecule has 1 saturated carbocycles. The van der Waals surface area contributed by atoms with Crippen LogP contribution in [0.15, 0.2) is 10.6 Å². The number of ether oxygens (including phenoxy) is 2. The van der Waals surface area contributed by atoms with E-state index < -0.39 is 0 Å². The topological polar surface area (TPSA) is 18.5 Å². The van der Waals surface area contributed by atoms with Gasteiger partial charge in [0.15, 0.2) is 6.29 Å². The number of methoxy groups -OCH3 is 2. The van der Waals surface area contributed by atoms with Gasteiger partial charge in [-0.2, -0.15) is 0 Å². The molecule has 0 amide bonds. The summed E-state index contributed by atoms with van der Waals surface area (Å²) in [6.07, 6.45) is 2.65. The van der Waals surface area contributed by atoms with E-state index in [1.54, 1.807) is 14.2 Å². The largest absolute Gasteiger partial charge is 0.356 e. The molecule has 2 atom stereocenters. The molecule has 0 heterocycles. The fourth-order valence-corrected chi connectivity index (χ4v) is 2.47. The third-order valence-electron chi connectivity index (χ3n) is 3.42. The number of allylic oxidation sites excluding steroid dienone is 1. The molecule has 0 radical (unpaired) electrons. The first kappa shape index (κ1) is 13.3. The zero-order valence-corrected chi connectivity index (χ0v) is 11.1. The van der Waals surface area contributed by atoms with Crippen LogP contribution < -0.4 is 0 Å². The second-order valence-corrected chi connectivity index (χ2v) is 5.55. The molecule has 2 nitrogen and oxygen atoms in total. The molecule has 0 unspecified atom stereocenters. The number of rotatable bonds is 5. The number of halogens is 2. The van der Waals surface area contributed by atoms with Gasteiger partial charge in [-0.05, 0) is 17.3 Å². The molecule has 88 valence electrons. The van der Waals surface area contributed by atoms with Crippen molar-refractivity contribution in [1.29, 1.82) is 0 Å². The number of hydrogen-bond donors (Lipinski definition) is 0. The molecular formula is C11H18Cl2O2. The van der Waals surface area contributed by atoms with Gasteiger partial charge in [-0.25, -0.2) is 0 Å². The standard InChI is InChI=1S/C11H18Cl2O2/c1-11(2)7(5-9(12)13)8(11)6-10(14-3)15-4/h5,7-8,10H,6H2,1-4H3/t7-,8+/m0/s1. The van der Waals surface area contributed by atoms with Gasteiger partial charge in [0.1, 0.15) is 4.49 Å². The van der Waals surface area contributed by atoms with Crippen molar-refractivity contribution in [2.75, 3.05) is 14.2 Å². The van der Waals surface area contributed by atoms with Gasteiger partial charge in [0.05, 0.1) is 0 Å². The maximum Gasteiger partial charge on any atom is 0.157 e. The molecule has 0 N–H and O–H groups in total. The van der Waals surface area contributed by atoms with Crippen molar-refractivity contribution >= 4 is 23.2 Å². The summed E-state index contributed by atoms with van der Waals surface area (Å²) in [5.74, 6) is 0.949. The summed E-state index contributed by atoms with van der Waals surface area (Å²) in [5.41, 5.74) is 0.240. The Morgan fingerprint density at radius 2 is 1.87 bits per heavy atom. The van der Waals surface area contributed by atoms with E-state index in [0.29, 0.717) is 16.3 Å². The maximum atomic E-state index is 5.67. The van der Waals surface area contributed by atoms with E-state index in [9.17, 15) is 0 Å². The molecule has 4 heteroatoms. The smallest absolute Gasteiger partial charge is 0.157 e. The number of hydrogen-bond acceptors (Lipinski definition) is 2. The highest BCUT2D eigenvalue weighted by Gasteiger charge is 2.56. The van der Waals surface area contributed by atoms with Gasteiger partial charge in [0.25, 0.3) is 0 Å². The van der Waals surface area contributed by atoms with Crippen molar-refractivity contribution in [2.45, 2.75) is 26.6 Å². The van der Waals surface area contributed by atoms with E-state index in [1.165, 1.54) is 0 Å². The predicted molar refractivity (Wildman–Crippen MR) is 63.0 cm³/mol. The molecule has 1 rings (SSSR count). The van der Waals surface area contributed by atoms with E-state index in [4.69, 9.17) is 32.7 Å². The highest BCUT2D eigenvalue weighted by atomic mass is 35.5. The highest BCUT2D eigenvalue weighted by Crippen LogP contribution is 2.61. The SMILES string of the molecule is COC(C[C@@H]1[C@H](C=C(Cl)Cl)C1(C)C)OC. The first-order valence-electron chi connectivity index (χ1n) is 5.02. The van der Waals surface area contributed by atoms with Gasteiger partial charge in [0.2, 0.25) is 0 Å². The zero-order valence-electron chi connectivity index (χ0n) is 9.59. The average molecular weight is 253 g/mol. The molecule has 0 spiro atoms. The van der Waals surface area contributed by atoms with Crippen LogP contribution in [-0.2, 0) is 9.47 Å². The minimum absolute atomic E-state index is 0.137. The third kappa shape index (κ3) is 3.10. The Kier molecular flexibility index (Phi) is 4.48. The van der Waals surface area contributed by atoms with Gasteiger partial charge >= 0.3 is 0 Å². The molecular weight excluding hydrogens is 235 g/mol. The summed E-state index contributed by atoms with van der Waals surface area (Å²) >= 11 is 11.3. The van der Waals surface area contributed by atoms with Crippen LogP contribution in [0.3, 0.4) is 0 Å². The molecule has 0 aliphatic heterocycles. The normalized spacial score (nSPS) is 27.9. The van der Waals surface area contributed by atoms with Crippen LogP contribution in [0.2, 0.25) is 0 Å². The third-order valence-corrected chi connectivity index (χ3v) is 3.67. The molecule has 0 aromatic rings. The lowest BCUT2D eigenvalue weighted by Crippen LogP contribution is -2.14. The van der Waals surface area contributed by atoms with Crippen molar-refractivity contribution in [3.8, 4) is 0 Å². The second kappa shape index (κ2) is 5.05. The zero-order chi connectivity index (χ0) is 11.6. The molecule has 1 fully saturated rings.